The molecular formula is C22H36N2O3. The van der Waals surface area contributed by atoms with Gasteiger partial charge in [-0.25, -0.2) is 0 Å². The molecule has 1 heterocycles. The van der Waals surface area contributed by atoms with Gasteiger partial charge in [0.05, 0.1) is 21.3 Å². The highest BCUT2D eigenvalue weighted by Gasteiger charge is 2.24. The van der Waals surface area contributed by atoms with Crippen LogP contribution in [0.4, 0.5) is 0 Å². The van der Waals surface area contributed by atoms with Gasteiger partial charge in [0.25, 0.3) is 0 Å². The minimum atomic E-state index is 0.542. The zero-order valence-corrected chi connectivity index (χ0v) is 17.3. The van der Waals surface area contributed by atoms with Crippen molar-refractivity contribution in [2.24, 2.45) is 5.92 Å². The van der Waals surface area contributed by atoms with E-state index in [1.165, 1.54) is 58.0 Å². The molecule has 1 aromatic carbocycles. The van der Waals surface area contributed by atoms with E-state index in [0.717, 1.165) is 30.3 Å². The van der Waals surface area contributed by atoms with Gasteiger partial charge in [-0.3, -0.25) is 0 Å². The molecule has 27 heavy (non-hydrogen) atoms. The zero-order valence-electron chi connectivity index (χ0n) is 17.3. The van der Waals surface area contributed by atoms with E-state index < -0.39 is 0 Å². The number of likely N-dealkylation sites (tertiary alicyclic amines) is 1. The predicted molar refractivity (Wildman–Crippen MR) is 109 cm³/mol. The van der Waals surface area contributed by atoms with Gasteiger partial charge in [0, 0.05) is 31.2 Å². The molecule has 0 amide bonds. The Labute approximate surface area is 164 Å². The summed E-state index contributed by atoms with van der Waals surface area (Å²) in [6.07, 6.45) is 9.69. The lowest BCUT2D eigenvalue weighted by molar-refractivity contribution is 0.149. The molecule has 1 aromatic rings. The first-order valence-corrected chi connectivity index (χ1v) is 10.5. The largest absolute Gasteiger partial charge is 0.493 e. The molecule has 2 fully saturated rings. The molecule has 1 saturated carbocycles. The van der Waals surface area contributed by atoms with Gasteiger partial charge in [-0.15, -0.1) is 0 Å². The first-order chi connectivity index (χ1) is 13.2. The van der Waals surface area contributed by atoms with Crippen LogP contribution in [0.2, 0.25) is 0 Å². The second kappa shape index (κ2) is 10.2. The maximum atomic E-state index is 5.62. The molecule has 0 unspecified atom stereocenters. The van der Waals surface area contributed by atoms with Crippen molar-refractivity contribution >= 4 is 0 Å². The van der Waals surface area contributed by atoms with E-state index in [4.69, 9.17) is 14.2 Å². The summed E-state index contributed by atoms with van der Waals surface area (Å²) >= 11 is 0. The highest BCUT2D eigenvalue weighted by atomic mass is 16.5. The Morgan fingerprint density at radius 1 is 0.926 bits per heavy atom. The lowest BCUT2D eigenvalue weighted by Crippen LogP contribution is -2.47. The molecule has 1 aliphatic heterocycles. The van der Waals surface area contributed by atoms with Gasteiger partial charge in [-0.1, -0.05) is 25.3 Å². The Bertz CT molecular complexity index is 587. The van der Waals surface area contributed by atoms with E-state index in [9.17, 15) is 0 Å². The van der Waals surface area contributed by atoms with E-state index >= 15 is 0 Å². The highest BCUT2D eigenvalue weighted by molar-refractivity contribution is 5.55. The molecule has 5 nitrogen and oxygen atoms in total. The number of nitrogens with one attached hydrogen (secondary N) is 1. The van der Waals surface area contributed by atoms with Crippen LogP contribution in [0.3, 0.4) is 0 Å². The minimum absolute atomic E-state index is 0.542. The molecule has 1 atom stereocenters. The van der Waals surface area contributed by atoms with Crippen LogP contribution in [0.25, 0.3) is 0 Å². The lowest BCUT2D eigenvalue weighted by Gasteiger charge is -2.36. The molecule has 0 bridgehead atoms. The number of hydrogen-bond acceptors (Lipinski definition) is 5. The van der Waals surface area contributed by atoms with Crippen molar-refractivity contribution in [1.29, 1.82) is 0 Å². The summed E-state index contributed by atoms with van der Waals surface area (Å²) in [6, 6.07) is 4.56. The van der Waals surface area contributed by atoms with Gasteiger partial charge in [-0.2, -0.15) is 0 Å². The van der Waals surface area contributed by atoms with Gasteiger partial charge in [-0.05, 0) is 44.2 Å². The van der Waals surface area contributed by atoms with Crippen molar-refractivity contribution in [2.75, 3.05) is 41.0 Å². The smallest absolute Gasteiger partial charge is 0.203 e. The third-order valence-corrected chi connectivity index (χ3v) is 6.11. The minimum Gasteiger partial charge on any atom is -0.493 e. The van der Waals surface area contributed by atoms with Crippen LogP contribution in [0.1, 0.15) is 50.5 Å². The molecule has 3 rings (SSSR count). The Morgan fingerprint density at radius 3 is 2.41 bits per heavy atom. The lowest BCUT2D eigenvalue weighted by atomic mass is 9.88. The molecule has 152 valence electrons. The van der Waals surface area contributed by atoms with Gasteiger partial charge >= 0.3 is 0 Å². The van der Waals surface area contributed by atoms with Gasteiger partial charge < -0.3 is 24.4 Å². The first-order valence-electron chi connectivity index (χ1n) is 10.5. The van der Waals surface area contributed by atoms with Crippen molar-refractivity contribution in [1.82, 2.24) is 10.2 Å². The van der Waals surface area contributed by atoms with Crippen molar-refractivity contribution in [2.45, 2.75) is 57.5 Å². The van der Waals surface area contributed by atoms with Crippen molar-refractivity contribution in [3.8, 4) is 17.2 Å². The average Bonchev–Trinajstić information content (AvgIpc) is 2.72. The van der Waals surface area contributed by atoms with E-state index in [-0.39, 0.29) is 0 Å². The molecule has 0 aromatic heterocycles. The summed E-state index contributed by atoms with van der Waals surface area (Å²) < 4.78 is 16.5. The SMILES string of the molecule is COc1ccc(CN[C@H]2CCCN(CC3CCCCC3)C2)c(OC)c1OC. The molecule has 1 N–H and O–H groups in total. The molecule has 1 saturated heterocycles. The fourth-order valence-electron chi connectivity index (χ4n) is 4.68. The monoisotopic (exact) mass is 376 g/mol. The fourth-order valence-corrected chi connectivity index (χ4v) is 4.68. The van der Waals surface area contributed by atoms with Gasteiger partial charge in [0.15, 0.2) is 11.5 Å². The maximum Gasteiger partial charge on any atom is 0.203 e. The van der Waals surface area contributed by atoms with Crippen molar-refractivity contribution in [3.63, 3.8) is 0 Å². The van der Waals surface area contributed by atoms with E-state index in [0.29, 0.717) is 17.5 Å². The van der Waals surface area contributed by atoms with Crippen LogP contribution < -0.4 is 19.5 Å². The number of nitrogens with zero attached hydrogens (tertiary/aromatic N) is 1. The van der Waals surface area contributed by atoms with Crippen LogP contribution in [-0.4, -0.2) is 51.9 Å². The summed E-state index contributed by atoms with van der Waals surface area (Å²) in [6.45, 7) is 4.49. The molecule has 1 aliphatic carbocycles. The molecule has 2 aliphatic rings. The summed E-state index contributed by atoms with van der Waals surface area (Å²) in [4.78, 5) is 2.68. The Balaban J connectivity index is 1.56. The summed E-state index contributed by atoms with van der Waals surface area (Å²) in [5.74, 6) is 3.05. The van der Waals surface area contributed by atoms with Crippen molar-refractivity contribution in [3.05, 3.63) is 17.7 Å². The number of hydrogen-bond donors (Lipinski definition) is 1. The number of benzene rings is 1. The molecule has 5 heteroatoms. The number of rotatable bonds is 8. The summed E-state index contributed by atoms with van der Waals surface area (Å²) in [5, 5.41) is 3.75. The number of methoxy groups -OCH3 is 3. The molecular weight excluding hydrogens is 340 g/mol. The second-order valence-electron chi connectivity index (χ2n) is 7.98. The first kappa shape index (κ1) is 20.3. The van der Waals surface area contributed by atoms with E-state index in [1.807, 2.05) is 6.07 Å². The predicted octanol–water partition coefficient (Wildman–Crippen LogP) is 3.85. The zero-order chi connectivity index (χ0) is 19.1. The summed E-state index contributed by atoms with van der Waals surface area (Å²) in [7, 11) is 4.99. The number of ether oxygens (including phenoxy) is 3. The normalized spacial score (nSPS) is 21.8. The second-order valence-corrected chi connectivity index (χ2v) is 7.98. The third kappa shape index (κ3) is 5.29. The van der Waals surface area contributed by atoms with Crippen LogP contribution in [0.15, 0.2) is 12.1 Å². The fraction of sp³-hybridized carbons (Fsp3) is 0.727. The van der Waals surface area contributed by atoms with Crippen LogP contribution >= 0.6 is 0 Å². The Hall–Kier alpha value is -1.46. The van der Waals surface area contributed by atoms with Gasteiger partial charge in [0.2, 0.25) is 5.75 Å². The van der Waals surface area contributed by atoms with Crippen molar-refractivity contribution < 1.29 is 14.2 Å². The van der Waals surface area contributed by atoms with E-state index in [1.54, 1.807) is 21.3 Å². The maximum absolute atomic E-state index is 5.62. The highest BCUT2D eigenvalue weighted by Crippen LogP contribution is 2.39. The topological polar surface area (TPSA) is 43.0 Å². The quantitative estimate of drug-likeness (QED) is 0.747. The standard InChI is InChI=1S/C22H36N2O3/c1-25-20-12-11-18(21(26-2)22(20)27-3)14-23-19-10-7-13-24(16-19)15-17-8-5-4-6-9-17/h11-12,17,19,23H,4-10,13-16H2,1-3H3/t19-/m0/s1. The Morgan fingerprint density at radius 2 is 1.70 bits per heavy atom. The molecule has 0 radical (unpaired) electrons. The van der Waals surface area contributed by atoms with Crippen LogP contribution in [0.5, 0.6) is 17.2 Å². The molecule has 0 spiro atoms. The average molecular weight is 377 g/mol. The van der Waals surface area contributed by atoms with E-state index in [2.05, 4.69) is 16.3 Å². The third-order valence-electron chi connectivity index (χ3n) is 6.11. The summed E-state index contributed by atoms with van der Waals surface area (Å²) in [5.41, 5.74) is 1.11. The number of piperidine rings is 1. The van der Waals surface area contributed by atoms with Crippen LogP contribution in [0, 0.1) is 5.92 Å². The van der Waals surface area contributed by atoms with Crippen LogP contribution in [-0.2, 0) is 6.54 Å². The Kier molecular flexibility index (Phi) is 7.65. The van der Waals surface area contributed by atoms with Gasteiger partial charge in [0.1, 0.15) is 0 Å².